The Morgan fingerprint density at radius 2 is 2.24 bits per heavy atom. The molecule has 0 amide bonds. The number of thiophene rings is 1. The number of hydrogen-bond donors (Lipinski definition) is 0. The fourth-order valence-corrected chi connectivity index (χ4v) is 4.21. The minimum absolute atomic E-state index is 0.242. The number of aromatic nitrogens is 3. The minimum Gasteiger partial charge on any atom is -0.438 e. The number of nitrogens with zero attached hydrogens (tertiary/aromatic N) is 3. The molecule has 0 spiro atoms. The predicted octanol–water partition coefficient (Wildman–Crippen LogP) is 2.79. The lowest BCUT2D eigenvalue weighted by atomic mass is 9.90. The van der Waals surface area contributed by atoms with Gasteiger partial charge in [0.05, 0.1) is 5.39 Å². The Labute approximate surface area is 148 Å². The number of fused-ring (bicyclic) bond motifs is 2. The number of ether oxygens (including phenoxy) is 1. The van der Waals surface area contributed by atoms with Crippen LogP contribution >= 0.6 is 11.3 Å². The molecule has 4 rings (SSSR count). The first-order valence-corrected chi connectivity index (χ1v) is 9.04. The highest BCUT2D eigenvalue weighted by Crippen LogP contribution is 2.32. The van der Waals surface area contributed by atoms with Crippen LogP contribution in [0.25, 0.3) is 10.9 Å². The summed E-state index contributed by atoms with van der Waals surface area (Å²) < 4.78 is 6.35. The van der Waals surface area contributed by atoms with Crippen molar-refractivity contribution in [1.29, 1.82) is 0 Å². The minimum atomic E-state index is -0.422. The summed E-state index contributed by atoms with van der Waals surface area (Å²) >= 11 is 1.49. The lowest BCUT2D eigenvalue weighted by molar-refractivity contribution is 0.0342. The zero-order chi connectivity index (χ0) is 17.4. The number of carbonyl (C=O) groups excluding carboxylic acids is 1. The zero-order valence-electron chi connectivity index (χ0n) is 13.8. The molecule has 0 bridgehead atoms. The lowest BCUT2D eigenvalue weighted by Gasteiger charge is -2.16. The van der Waals surface area contributed by atoms with Gasteiger partial charge in [0.25, 0.3) is 5.56 Å². The van der Waals surface area contributed by atoms with Crippen LogP contribution in [0.3, 0.4) is 0 Å². The monoisotopic (exact) mass is 355 g/mol. The highest BCUT2D eigenvalue weighted by molar-refractivity contribution is 7.14. The molecular weight excluding hydrogens is 338 g/mol. The quantitative estimate of drug-likeness (QED) is 0.676. The third-order valence-corrected chi connectivity index (χ3v) is 5.69. The fraction of sp³-hybridized carbons (Fsp3) is 0.333. The number of aryl methyl sites for hydroxylation is 1. The van der Waals surface area contributed by atoms with Gasteiger partial charge in [-0.3, -0.25) is 4.79 Å². The fourth-order valence-electron chi connectivity index (χ4n) is 3.11. The van der Waals surface area contributed by atoms with E-state index >= 15 is 0 Å². The van der Waals surface area contributed by atoms with Crippen LogP contribution in [0, 0.1) is 5.92 Å². The van der Waals surface area contributed by atoms with Crippen LogP contribution in [0.1, 0.15) is 33.5 Å². The summed E-state index contributed by atoms with van der Waals surface area (Å²) in [6.45, 7) is 1.98. The van der Waals surface area contributed by atoms with Gasteiger partial charge in [0.2, 0.25) is 0 Å². The maximum atomic E-state index is 12.3. The third kappa shape index (κ3) is 3.07. The van der Waals surface area contributed by atoms with Crippen molar-refractivity contribution in [1.82, 2.24) is 15.0 Å². The molecule has 7 heteroatoms. The third-order valence-electron chi connectivity index (χ3n) is 4.48. The molecule has 1 atom stereocenters. The first kappa shape index (κ1) is 16.0. The Bertz CT molecular complexity index is 1010. The van der Waals surface area contributed by atoms with Crippen LogP contribution in [0.15, 0.2) is 35.1 Å². The Hall–Kier alpha value is -2.54. The van der Waals surface area contributed by atoms with Gasteiger partial charge in [-0.25, -0.2) is 4.79 Å². The molecule has 25 heavy (non-hydrogen) atoms. The van der Waals surface area contributed by atoms with Crippen molar-refractivity contribution in [3.05, 3.63) is 56.0 Å². The summed E-state index contributed by atoms with van der Waals surface area (Å²) in [7, 11) is 0. The van der Waals surface area contributed by atoms with Crippen LogP contribution < -0.4 is 5.56 Å². The Morgan fingerprint density at radius 1 is 1.40 bits per heavy atom. The molecule has 0 N–H and O–H groups in total. The first-order valence-electron chi connectivity index (χ1n) is 8.23. The number of benzene rings is 1. The molecule has 0 saturated carbocycles. The van der Waals surface area contributed by atoms with Gasteiger partial charge in [-0.05, 0) is 48.9 Å². The van der Waals surface area contributed by atoms with Gasteiger partial charge in [-0.15, -0.1) is 16.4 Å². The first-order chi connectivity index (χ1) is 12.1. The van der Waals surface area contributed by atoms with Crippen molar-refractivity contribution < 1.29 is 9.53 Å². The number of esters is 1. The Balaban J connectivity index is 1.51. The lowest BCUT2D eigenvalue weighted by Crippen LogP contribution is -2.26. The van der Waals surface area contributed by atoms with Gasteiger partial charge >= 0.3 is 5.97 Å². The van der Waals surface area contributed by atoms with Gasteiger partial charge < -0.3 is 4.74 Å². The Morgan fingerprint density at radius 3 is 3.12 bits per heavy atom. The van der Waals surface area contributed by atoms with Crippen molar-refractivity contribution in [3.63, 3.8) is 0 Å². The number of hydrogen-bond acceptors (Lipinski definition) is 6. The van der Waals surface area contributed by atoms with Gasteiger partial charge in [-0.1, -0.05) is 24.3 Å². The SMILES string of the molecule is CC1CCc2sc(C(=O)OCn3nnc4ccccc4c3=O)cc2C1. The average Bonchev–Trinajstić information content (AvgIpc) is 3.04. The molecule has 1 aliphatic rings. The summed E-state index contributed by atoms with van der Waals surface area (Å²) in [6.07, 6.45) is 3.18. The molecule has 6 nitrogen and oxygen atoms in total. The molecule has 3 aromatic rings. The van der Waals surface area contributed by atoms with Crippen molar-refractivity contribution in [2.24, 2.45) is 5.92 Å². The Kier molecular flexibility index (Phi) is 4.09. The average molecular weight is 355 g/mol. The molecule has 0 saturated heterocycles. The maximum absolute atomic E-state index is 12.3. The van der Waals surface area contributed by atoms with Gasteiger partial charge in [-0.2, -0.15) is 4.68 Å². The standard InChI is InChI=1S/C18H17N3O3S/c1-11-6-7-15-12(8-11)9-16(25-15)18(23)24-10-21-17(22)13-4-2-3-5-14(13)19-20-21/h2-5,9,11H,6-8,10H2,1H3. The van der Waals surface area contributed by atoms with Gasteiger partial charge in [0, 0.05) is 4.88 Å². The van der Waals surface area contributed by atoms with E-state index in [1.165, 1.54) is 21.8 Å². The van der Waals surface area contributed by atoms with E-state index in [0.717, 1.165) is 23.9 Å². The maximum Gasteiger partial charge on any atom is 0.350 e. The summed E-state index contributed by atoms with van der Waals surface area (Å²) in [5, 5.41) is 8.26. The van der Waals surface area contributed by atoms with Gasteiger partial charge in [0.15, 0.2) is 6.73 Å². The molecule has 1 unspecified atom stereocenters. The molecule has 128 valence electrons. The molecule has 0 fully saturated rings. The second kappa shape index (κ2) is 6.40. The van der Waals surface area contributed by atoms with Crippen molar-refractivity contribution in [3.8, 4) is 0 Å². The summed E-state index contributed by atoms with van der Waals surface area (Å²) in [5.41, 5.74) is 1.45. The van der Waals surface area contributed by atoms with Crippen molar-refractivity contribution >= 4 is 28.2 Å². The van der Waals surface area contributed by atoms with Crippen LogP contribution in [0.2, 0.25) is 0 Å². The highest BCUT2D eigenvalue weighted by atomic mass is 32.1. The van der Waals surface area contributed by atoms with E-state index in [0.29, 0.717) is 21.7 Å². The highest BCUT2D eigenvalue weighted by Gasteiger charge is 2.21. The molecule has 1 aromatic carbocycles. The summed E-state index contributed by atoms with van der Waals surface area (Å²) in [4.78, 5) is 26.5. The second-order valence-corrected chi connectivity index (χ2v) is 7.52. The van der Waals surface area contributed by atoms with E-state index in [1.54, 1.807) is 24.3 Å². The van der Waals surface area contributed by atoms with Crippen LogP contribution in [-0.4, -0.2) is 21.0 Å². The van der Waals surface area contributed by atoms with Crippen molar-refractivity contribution in [2.45, 2.75) is 32.9 Å². The van der Waals surface area contributed by atoms with E-state index in [2.05, 4.69) is 17.2 Å². The van der Waals surface area contributed by atoms with E-state index < -0.39 is 5.97 Å². The second-order valence-electron chi connectivity index (χ2n) is 6.38. The predicted molar refractivity (Wildman–Crippen MR) is 94.7 cm³/mol. The number of carbonyl (C=O) groups is 1. The van der Waals surface area contributed by atoms with E-state index in [4.69, 9.17) is 4.74 Å². The molecular formula is C18H17N3O3S. The van der Waals surface area contributed by atoms with Crippen LogP contribution in [-0.2, 0) is 24.3 Å². The summed E-state index contributed by atoms with van der Waals surface area (Å²) in [5.74, 6) is 0.228. The normalized spacial score (nSPS) is 16.6. The summed E-state index contributed by atoms with van der Waals surface area (Å²) in [6, 6.07) is 8.88. The smallest absolute Gasteiger partial charge is 0.350 e. The molecule has 0 radical (unpaired) electrons. The molecule has 0 aliphatic heterocycles. The van der Waals surface area contributed by atoms with E-state index in [1.807, 2.05) is 6.07 Å². The molecule has 1 aliphatic carbocycles. The zero-order valence-corrected chi connectivity index (χ0v) is 14.6. The van der Waals surface area contributed by atoms with E-state index in [9.17, 15) is 9.59 Å². The molecule has 2 aromatic heterocycles. The van der Waals surface area contributed by atoms with Gasteiger partial charge in [0.1, 0.15) is 10.4 Å². The van der Waals surface area contributed by atoms with Crippen LogP contribution in [0.5, 0.6) is 0 Å². The molecule has 2 heterocycles. The largest absolute Gasteiger partial charge is 0.438 e. The topological polar surface area (TPSA) is 74.1 Å². The van der Waals surface area contributed by atoms with E-state index in [-0.39, 0.29) is 12.3 Å². The van der Waals surface area contributed by atoms with Crippen LogP contribution in [0.4, 0.5) is 0 Å². The number of rotatable bonds is 3. The van der Waals surface area contributed by atoms with Crippen molar-refractivity contribution in [2.75, 3.05) is 0 Å².